The van der Waals surface area contributed by atoms with Crippen LogP contribution >= 0.6 is 11.6 Å². The molecule has 7 heteroatoms. The number of halogens is 2. The minimum absolute atomic E-state index is 0.0521. The molecular formula is C19H12ClFN4O. The quantitative estimate of drug-likeness (QED) is 0.639. The van der Waals surface area contributed by atoms with Gasteiger partial charge in [-0.15, -0.1) is 0 Å². The van der Waals surface area contributed by atoms with E-state index in [-0.39, 0.29) is 27.9 Å². The third-order valence-electron chi connectivity index (χ3n) is 3.47. The van der Waals surface area contributed by atoms with Gasteiger partial charge in [-0.1, -0.05) is 29.8 Å². The zero-order chi connectivity index (χ0) is 18.5. The van der Waals surface area contributed by atoms with Crippen LogP contribution in [0.25, 0.3) is 0 Å². The lowest BCUT2D eigenvalue weighted by Gasteiger charge is -2.10. The molecule has 0 unspecified atom stereocenters. The Hall–Kier alpha value is -3.43. The van der Waals surface area contributed by atoms with Gasteiger partial charge in [-0.2, -0.15) is 5.26 Å². The van der Waals surface area contributed by atoms with Gasteiger partial charge >= 0.3 is 0 Å². The van der Waals surface area contributed by atoms with Crippen molar-refractivity contribution in [3.63, 3.8) is 0 Å². The van der Waals surface area contributed by atoms with E-state index >= 15 is 0 Å². The van der Waals surface area contributed by atoms with Gasteiger partial charge in [0, 0.05) is 11.9 Å². The van der Waals surface area contributed by atoms with E-state index in [9.17, 15) is 14.8 Å². The second kappa shape index (κ2) is 7.64. The van der Waals surface area contributed by atoms with Gasteiger partial charge in [0.05, 0.1) is 16.3 Å². The van der Waals surface area contributed by atoms with E-state index in [2.05, 4.69) is 15.3 Å². The monoisotopic (exact) mass is 366 g/mol. The van der Waals surface area contributed by atoms with Crippen molar-refractivity contribution in [1.29, 1.82) is 5.26 Å². The van der Waals surface area contributed by atoms with Crippen LogP contribution in [-0.4, -0.2) is 15.8 Å². The number of aliphatic imine (C=N–C) groups is 1. The van der Waals surface area contributed by atoms with Crippen molar-refractivity contribution < 1.29 is 9.50 Å². The van der Waals surface area contributed by atoms with Gasteiger partial charge in [0.15, 0.2) is 17.3 Å². The summed E-state index contributed by atoms with van der Waals surface area (Å²) in [6.07, 6.45) is 1.45. The van der Waals surface area contributed by atoms with E-state index in [1.54, 1.807) is 0 Å². The van der Waals surface area contributed by atoms with E-state index in [0.717, 1.165) is 11.8 Å². The van der Waals surface area contributed by atoms with Crippen molar-refractivity contribution in [3.05, 3.63) is 77.2 Å². The summed E-state index contributed by atoms with van der Waals surface area (Å²) in [5.74, 6) is -0.608. The minimum atomic E-state index is -0.578. The molecule has 2 aromatic carbocycles. The first-order chi connectivity index (χ1) is 12.6. The Morgan fingerprint density at radius 1 is 1.19 bits per heavy atom. The summed E-state index contributed by atoms with van der Waals surface area (Å²) in [7, 11) is 0. The molecule has 0 radical (unpaired) electrons. The highest BCUT2D eigenvalue weighted by molar-refractivity contribution is 6.31. The summed E-state index contributed by atoms with van der Waals surface area (Å²) < 4.78 is 13.3. The molecule has 0 aliphatic heterocycles. The Kier molecular flexibility index (Phi) is 5.11. The minimum Gasteiger partial charge on any atom is -0.504 e. The van der Waals surface area contributed by atoms with Crippen LogP contribution in [0.5, 0.6) is 5.75 Å². The van der Waals surface area contributed by atoms with E-state index in [4.69, 9.17) is 11.6 Å². The smallest absolute Gasteiger partial charge is 0.173 e. The molecule has 128 valence electrons. The number of para-hydroxylation sites is 1. The number of aromatic hydroxyl groups is 1. The fourth-order valence-corrected chi connectivity index (χ4v) is 2.40. The molecule has 0 bridgehead atoms. The van der Waals surface area contributed by atoms with Crippen LogP contribution in [0.4, 0.5) is 21.6 Å². The normalized spacial score (nSPS) is 11.0. The predicted octanol–water partition coefficient (Wildman–Crippen LogP) is 4.97. The van der Waals surface area contributed by atoms with Crippen LogP contribution in [0, 0.1) is 17.1 Å². The molecule has 0 spiro atoms. The average molecular weight is 367 g/mol. The highest BCUT2D eigenvalue weighted by atomic mass is 35.5. The number of anilines is 2. The summed E-state index contributed by atoms with van der Waals surface area (Å²) in [6, 6.07) is 16.4. The molecule has 0 saturated carbocycles. The summed E-state index contributed by atoms with van der Waals surface area (Å²) in [5.41, 5.74) is 1.17. The van der Waals surface area contributed by atoms with Gasteiger partial charge in [-0.3, -0.25) is 0 Å². The maximum atomic E-state index is 13.3. The Bertz CT molecular complexity index is 1020. The molecule has 0 aliphatic carbocycles. The lowest BCUT2D eigenvalue weighted by atomic mass is 10.1. The lowest BCUT2D eigenvalue weighted by Crippen LogP contribution is -2.02. The number of rotatable bonds is 4. The maximum absolute atomic E-state index is 13.3. The molecule has 26 heavy (non-hydrogen) atoms. The third kappa shape index (κ3) is 3.79. The summed E-state index contributed by atoms with van der Waals surface area (Å²) in [4.78, 5) is 8.23. The number of aromatic nitrogens is 1. The topological polar surface area (TPSA) is 81.3 Å². The first-order valence-electron chi connectivity index (χ1n) is 7.52. The number of benzene rings is 2. The van der Waals surface area contributed by atoms with Crippen molar-refractivity contribution in [3.8, 4) is 11.8 Å². The summed E-state index contributed by atoms with van der Waals surface area (Å²) >= 11 is 5.74. The largest absolute Gasteiger partial charge is 0.504 e. The Labute approximate surface area is 154 Å². The number of nitrogens with zero attached hydrogens (tertiary/aromatic N) is 3. The van der Waals surface area contributed by atoms with Crippen molar-refractivity contribution in [2.45, 2.75) is 0 Å². The van der Waals surface area contributed by atoms with E-state index < -0.39 is 5.82 Å². The van der Waals surface area contributed by atoms with Crippen molar-refractivity contribution >= 4 is 34.5 Å². The fraction of sp³-hybridized carbons (Fsp3) is 0. The molecule has 2 N–H and O–H groups in total. The van der Waals surface area contributed by atoms with Gasteiger partial charge in [0.2, 0.25) is 0 Å². The molecule has 0 saturated heterocycles. The maximum Gasteiger partial charge on any atom is 0.173 e. The van der Waals surface area contributed by atoms with E-state index in [1.165, 1.54) is 24.4 Å². The Balaban J connectivity index is 1.99. The molecule has 5 nitrogen and oxygen atoms in total. The van der Waals surface area contributed by atoms with Crippen LogP contribution in [-0.2, 0) is 0 Å². The number of hydrogen-bond donors (Lipinski definition) is 2. The number of hydrogen-bond acceptors (Lipinski definition) is 5. The zero-order valence-corrected chi connectivity index (χ0v) is 14.1. The lowest BCUT2D eigenvalue weighted by molar-refractivity contribution is 0.474. The first kappa shape index (κ1) is 17.4. The SMILES string of the molecule is N#CC(=Nc1ccc(F)c(Cl)c1)c1ccnc(Nc2ccccc2)c1O. The molecule has 0 amide bonds. The number of nitriles is 1. The van der Waals surface area contributed by atoms with Crippen LogP contribution in [0.1, 0.15) is 5.56 Å². The highest BCUT2D eigenvalue weighted by Crippen LogP contribution is 2.30. The molecule has 3 aromatic rings. The second-order valence-corrected chi connectivity index (χ2v) is 5.62. The molecule has 0 fully saturated rings. The molecular weight excluding hydrogens is 355 g/mol. The van der Waals surface area contributed by atoms with Crippen molar-refractivity contribution in [1.82, 2.24) is 4.98 Å². The molecule has 3 rings (SSSR count). The van der Waals surface area contributed by atoms with Crippen LogP contribution in [0.15, 0.2) is 65.8 Å². The van der Waals surface area contributed by atoms with Gasteiger partial charge < -0.3 is 10.4 Å². The number of nitrogens with one attached hydrogen (secondary N) is 1. The first-order valence-corrected chi connectivity index (χ1v) is 7.90. The van der Waals surface area contributed by atoms with Crippen LogP contribution in [0.2, 0.25) is 5.02 Å². The predicted molar refractivity (Wildman–Crippen MR) is 98.8 cm³/mol. The van der Waals surface area contributed by atoms with E-state index in [1.807, 2.05) is 36.4 Å². The van der Waals surface area contributed by atoms with Gasteiger partial charge in [0.25, 0.3) is 0 Å². The van der Waals surface area contributed by atoms with Gasteiger partial charge in [-0.25, -0.2) is 14.4 Å². The Morgan fingerprint density at radius 3 is 2.65 bits per heavy atom. The molecule has 1 aromatic heterocycles. The molecule has 1 heterocycles. The van der Waals surface area contributed by atoms with E-state index in [0.29, 0.717) is 5.69 Å². The second-order valence-electron chi connectivity index (χ2n) is 5.22. The van der Waals surface area contributed by atoms with Crippen molar-refractivity contribution in [2.75, 3.05) is 5.32 Å². The Morgan fingerprint density at radius 2 is 1.96 bits per heavy atom. The molecule has 0 atom stereocenters. The summed E-state index contributed by atoms with van der Waals surface area (Å²) in [6.45, 7) is 0. The zero-order valence-electron chi connectivity index (χ0n) is 13.3. The van der Waals surface area contributed by atoms with Crippen LogP contribution in [0.3, 0.4) is 0 Å². The third-order valence-corrected chi connectivity index (χ3v) is 3.76. The van der Waals surface area contributed by atoms with Crippen molar-refractivity contribution in [2.24, 2.45) is 4.99 Å². The van der Waals surface area contributed by atoms with Crippen LogP contribution < -0.4 is 5.32 Å². The van der Waals surface area contributed by atoms with Gasteiger partial charge in [0.1, 0.15) is 11.9 Å². The molecule has 0 aliphatic rings. The van der Waals surface area contributed by atoms with Gasteiger partial charge in [-0.05, 0) is 36.4 Å². The fourth-order valence-electron chi connectivity index (χ4n) is 2.22. The average Bonchev–Trinajstić information content (AvgIpc) is 2.65. The highest BCUT2D eigenvalue weighted by Gasteiger charge is 2.14. The summed E-state index contributed by atoms with van der Waals surface area (Å²) in [5, 5.41) is 22.8. The number of pyridine rings is 1. The standard InChI is InChI=1S/C19H12ClFN4O/c20-15-10-13(6-7-16(15)21)24-17(11-22)14-8-9-23-19(18(14)26)25-12-4-2-1-3-5-12/h1-10,26H,(H,23,25).